The number of aromatic nitrogens is 3. The van der Waals surface area contributed by atoms with Crippen molar-refractivity contribution in [2.75, 3.05) is 0 Å². The molecular weight excluding hydrogens is 235 g/mol. The predicted molar refractivity (Wildman–Crippen MR) is 40.4 cm³/mol. The van der Waals surface area contributed by atoms with Crippen LogP contribution in [0.15, 0.2) is 12.4 Å². The first-order valence-corrected chi connectivity index (χ1v) is 3.58. The van der Waals surface area contributed by atoms with E-state index in [0.717, 1.165) is 6.20 Å². The van der Waals surface area contributed by atoms with Gasteiger partial charge in [-0.2, -0.15) is 13.5 Å². The molecule has 0 radical (unpaired) electrons. The average Bonchev–Trinajstić information content (AvgIpc) is 2.34. The predicted octanol–water partition coefficient (Wildman–Crippen LogP) is -1.17. The molecule has 8 heteroatoms. The molecule has 0 saturated carbocycles. The van der Waals surface area contributed by atoms with Gasteiger partial charge < -0.3 is 0 Å². The molecule has 0 unspecified atom stereocenters. The van der Waals surface area contributed by atoms with Crippen LogP contribution in [-0.4, -0.2) is 35.2 Å². The van der Waals surface area contributed by atoms with Crippen LogP contribution in [0.3, 0.4) is 0 Å². The van der Waals surface area contributed by atoms with Gasteiger partial charge in [-0.25, -0.2) is 0 Å². The quantitative estimate of drug-likeness (QED) is 0.608. The summed E-state index contributed by atoms with van der Waals surface area (Å²) < 4.78 is 23.7. The zero-order chi connectivity index (χ0) is 9.56. The van der Waals surface area contributed by atoms with Gasteiger partial charge in [-0.05, 0) is 0 Å². The summed E-state index contributed by atoms with van der Waals surface area (Å²) in [5.74, 6) is 0. The van der Waals surface area contributed by atoms with Crippen molar-refractivity contribution in [1.29, 1.82) is 0 Å². The normalized spacial score (nSPS) is 8.92. The molecule has 1 aromatic heterocycles. The summed E-state index contributed by atoms with van der Waals surface area (Å²) in [4.78, 5) is 0. The molecule has 1 rings (SSSR count). The van der Waals surface area contributed by atoms with E-state index in [9.17, 15) is 8.78 Å². The molecule has 0 atom stereocenters. The second-order valence-electron chi connectivity index (χ2n) is 1.56. The molecular formula is C4H7F2N5Se. The van der Waals surface area contributed by atoms with Crippen LogP contribution in [0, 0.1) is 0 Å². The average molecular weight is 242 g/mol. The van der Waals surface area contributed by atoms with E-state index in [1.165, 1.54) is 6.20 Å². The number of halogens is 2. The number of hydrogen-bond acceptors (Lipinski definition) is 4. The van der Waals surface area contributed by atoms with Gasteiger partial charge in [0.25, 0.3) is 0 Å². The first-order valence-electron chi connectivity index (χ1n) is 2.73. The van der Waals surface area contributed by atoms with Crippen LogP contribution in [0.2, 0.25) is 0 Å². The van der Waals surface area contributed by atoms with Crippen LogP contribution in [0.4, 0.5) is 8.78 Å². The van der Waals surface area contributed by atoms with Crippen LogP contribution in [0.25, 0.3) is 0 Å². The van der Waals surface area contributed by atoms with Crippen molar-refractivity contribution in [3.8, 4) is 0 Å². The standard InChI is InChI=1S/C3H3F2N3.CH4N2Se/c4-3(5)8-2-1-6-7-8;2-1(3)4/h1-3H;(H4,2,3,4). The fraction of sp³-hybridized carbons (Fsp3) is 0.250. The van der Waals surface area contributed by atoms with Crippen LogP contribution >= 0.6 is 0 Å². The van der Waals surface area contributed by atoms with Gasteiger partial charge in [-0.15, -0.1) is 5.10 Å². The number of hydrogen-bond donors (Lipinski definition) is 2. The second kappa shape index (κ2) is 5.62. The minimum absolute atomic E-state index is 0.292. The van der Waals surface area contributed by atoms with Crippen molar-refractivity contribution in [3.63, 3.8) is 0 Å². The number of alkyl halides is 2. The van der Waals surface area contributed by atoms with E-state index in [4.69, 9.17) is 11.5 Å². The van der Waals surface area contributed by atoms with E-state index in [-0.39, 0.29) is 0 Å². The van der Waals surface area contributed by atoms with E-state index in [0.29, 0.717) is 9.35 Å². The molecule has 0 saturated heterocycles. The van der Waals surface area contributed by atoms with Crippen molar-refractivity contribution in [1.82, 2.24) is 15.0 Å². The van der Waals surface area contributed by atoms with Gasteiger partial charge in [0.1, 0.15) is 0 Å². The molecule has 12 heavy (non-hydrogen) atoms. The molecule has 1 aromatic rings. The van der Waals surface area contributed by atoms with Gasteiger partial charge in [0, 0.05) is 0 Å². The van der Waals surface area contributed by atoms with Gasteiger partial charge in [-0.3, -0.25) is 0 Å². The first kappa shape index (κ1) is 11.0. The zero-order valence-corrected chi connectivity index (χ0v) is 7.61. The molecule has 0 aliphatic heterocycles. The van der Waals surface area contributed by atoms with Crippen LogP contribution in [0.1, 0.15) is 6.55 Å². The number of rotatable bonds is 1. The summed E-state index contributed by atoms with van der Waals surface area (Å²) in [7, 11) is 0. The third-order valence-electron chi connectivity index (χ3n) is 0.641. The van der Waals surface area contributed by atoms with E-state index in [2.05, 4.69) is 25.9 Å². The van der Waals surface area contributed by atoms with E-state index in [1.807, 2.05) is 0 Å². The monoisotopic (exact) mass is 243 g/mol. The Kier molecular flexibility index (Phi) is 5.14. The van der Waals surface area contributed by atoms with Crippen LogP contribution < -0.4 is 11.5 Å². The topological polar surface area (TPSA) is 82.8 Å². The van der Waals surface area contributed by atoms with Crippen molar-refractivity contribution < 1.29 is 8.78 Å². The summed E-state index contributed by atoms with van der Waals surface area (Å²) in [5.41, 5.74) is 9.50. The van der Waals surface area contributed by atoms with Gasteiger partial charge in [0.15, 0.2) is 0 Å². The van der Waals surface area contributed by atoms with Crippen LogP contribution in [0.5, 0.6) is 0 Å². The molecule has 4 N–H and O–H groups in total. The Morgan fingerprint density at radius 1 is 1.50 bits per heavy atom. The molecule has 5 nitrogen and oxygen atoms in total. The summed E-state index contributed by atoms with van der Waals surface area (Å²) in [6.45, 7) is -2.57. The third kappa shape index (κ3) is 5.75. The Balaban J connectivity index is 0.000000261. The fourth-order valence-corrected chi connectivity index (χ4v) is 0.321. The van der Waals surface area contributed by atoms with E-state index < -0.39 is 6.55 Å². The van der Waals surface area contributed by atoms with Gasteiger partial charge >= 0.3 is 38.3 Å². The first-order chi connectivity index (χ1) is 5.54. The van der Waals surface area contributed by atoms with Crippen molar-refractivity contribution in [3.05, 3.63) is 12.4 Å². The molecule has 0 fully saturated rings. The summed E-state index contributed by atoms with van der Waals surface area (Å²) in [6.07, 6.45) is 2.30. The minimum atomic E-state index is -2.57. The summed E-state index contributed by atoms with van der Waals surface area (Å²) in [6, 6.07) is 0. The molecule has 0 amide bonds. The molecule has 0 spiro atoms. The van der Waals surface area contributed by atoms with Crippen LogP contribution in [-0.2, 0) is 0 Å². The van der Waals surface area contributed by atoms with Crippen molar-refractivity contribution in [2.24, 2.45) is 11.5 Å². The Bertz CT molecular complexity index is 219. The number of nitrogens with two attached hydrogens (primary N) is 2. The summed E-state index contributed by atoms with van der Waals surface area (Å²) >= 11 is 2.38. The van der Waals surface area contributed by atoms with E-state index >= 15 is 0 Å². The maximum absolute atomic E-state index is 11.5. The van der Waals surface area contributed by atoms with Crippen molar-refractivity contribution in [2.45, 2.75) is 6.55 Å². The molecule has 0 aliphatic carbocycles. The maximum atomic E-state index is 11.5. The van der Waals surface area contributed by atoms with Gasteiger partial charge in [-0.1, -0.05) is 5.21 Å². The Labute approximate surface area is 75.1 Å². The van der Waals surface area contributed by atoms with Gasteiger partial charge in [0.05, 0.1) is 12.4 Å². The number of nitrogens with zero attached hydrogens (tertiary/aromatic N) is 3. The zero-order valence-electron chi connectivity index (χ0n) is 5.89. The molecule has 0 bridgehead atoms. The second-order valence-corrected chi connectivity index (χ2v) is 2.55. The summed E-state index contributed by atoms with van der Waals surface area (Å²) in [5, 5.41) is 6.21. The Morgan fingerprint density at radius 3 is 2.17 bits per heavy atom. The van der Waals surface area contributed by atoms with Crippen molar-refractivity contribution >= 4 is 20.2 Å². The van der Waals surface area contributed by atoms with Gasteiger partial charge in [0.2, 0.25) is 0 Å². The molecule has 68 valence electrons. The third-order valence-corrected chi connectivity index (χ3v) is 0.641. The molecule has 0 aliphatic rings. The molecule has 1 heterocycles. The fourth-order valence-electron chi connectivity index (χ4n) is 0.321. The van der Waals surface area contributed by atoms with E-state index in [1.54, 1.807) is 0 Å². The Morgan fingerprint density at radius 2 is 2.00 bits per heavy atom. The SMILES string of the molecule is FC(F)n1ccnn1.NC(N)=[Se]. The molecule has 0 aromatic carbocycles. The Hall–Kier alpha value is -1.01.